The average Bonchev–Trinajstić information content (AvgIpc) is 3.19. The molecule has 2 aliphatic heterocycles. The highest BCUT2D eigenvalue weighted by molar-refractivity contribution is 5.58. The lowest BCUT2D eigenvalue weighted by Gasteiger charge is -2.41. The lowest BCUT2D eigenvalue weighted by Crippen LogP contribution is -2.34. The second-order valence-electron chi connectivity index (χ2n) is 7.95. The third-order valence-electron chi connectivity index (χ3n) is 6.64. The van der Waals surface area contributed by atoms with Gasteiger partial charge in [-0.05, 0) is 54.8 Å². The van der Waals surface area contributed by atoms with Gasteiger partial charge in [0.2, 0.25) is 6.79 Å². The standard InChI is InChI=1S/C23H27NO5/c1-24-8-7-13-9-18(25-2)19(26-3)10-15(13)16-11-20(27-4)21-14(22(16)24)5-6-17-23(21)29-12-28-17/h5-6,9-10,16,20,22H,7-8,11-12H2,1-4H3/t16-,20+,22-/m1/s1. The van der Waals surface area contributed by atoms with Crippen LogP contribution in [0.3, 0.4) is 0 Å². The molecule has 6 heteroatoms. The van der Waals surface area contributed by atoms with Crippen molar-refractivity contribution in [1.29, 1.82) is 0 Å². The van der Waals surface area contributed by atoms with Crippen molar-refractivity contribution in [2.75, 3.05) is 41.7 Å². The van der Waals surface area contributed by atoms with Gasteiger partial charge in [-0.3, -0.25) is 4.90 Å². The second-order valence-corrected chi connectivity index (χ2v) is 7.95. The Morgan fingerprint density at radius 2 is 1.79 bits per heavy atom. The SMILES string of the molecule is COc1cc2c(cc1OC)[C@H]1C[C@H](OC)c3c(ccc4c3OCO4)[C@H]1N(C)CC2. The van der Waals surface area contributed by atoms with Gasteiger partial charge in [0.15, 0.2) is 23.0 Å². The fourth-order valence-corrected chi connectivity index (χ4v) is 5.28. The van der Waals surface area contributed by atoms with Crippen molar-refractivity contribution < 1.29 is 23.7 Å². The van der Waals surface area contributed by atoms with Crippen molar-refractivity contribution >= 4 is 0 Å². The molecule has 0 N–H and O–H groups in total. The van der Waals surface area contributed by atoms with Gasteiger partial charge in [-0.2, -0.15) is 0 Å². The second kappa shape index (κ2) is 7.11. The molecule has 0 fully saturated rings. The topological polar surface area (TPSA) is 49.4 Å². The van der Waals surface area contributed by atoms with Crippen LogP contribution < -0.4 is 18.9 Å². The van der Waals surface area contributed by atoms with Crippen LogP contribution in [0.2, 0.25) is 0 Å². The first kappa shape index (κ1) is 18.6. The van der Waals surface area contributed by atoms with E-state index in [0.717, 1.165) is 47.9 Å². The summed E-state index contributed by atoms with van der Waals surface area (Å²) < 4.78 is 28.7. The van der Waals surface area contributed by atoms with Gasteiger partial charge >= 0.3 is 0 Å². The van der Waals surface area contributed by atoms with Gasteiger partial charge in [-0.15, -0.1) is 0 Å². The number of benzene rings is 2. The maximum Gasteiger partial charge on any atom is 0.231 e. The normalized spacial score (nSPS) is 24.9. The minimum atomic E-state index is -0.0460. The molecule has 29 heavy (non-hydrogen) atoms. The van der Waals surface area contributed by atoms with E-state index >= 15 is 0 Å². The Balaban J connectivity index is 1.69. The van der Waals surface area contributed by atoms with Crippen LogP contribution in [0.5, 0.6) is 23.0 Å². The molecule has 0 saturated carbocycles. The summed E-state index contributed by atoms with van der Waals surface area (Å²) in [6, 6.07) is 8.76. The Kier molecular flexibility index (Phi) is 4.56. The van der Waals surface area contributed by atoms with E-state index in [1.807, 2.05) is 6.07 Å². The van der Waals surface area contributed by atoms with Crippen LogP contribution in [0.1, 0.15) is 46.7 Å². The van der Waals surface area contributed by atoms with Crippen molar-refractivity contribution in [1.82, 2.24) is 4.90 Å². The van der Waals surface area contributed by atoms with Crippen LogP contribution in [0.25, 0.3) is 0 Å². The molecule has 5 rings (SSSR count). The molecule has 2 aromatic carbocycles. The van der Waals surface area contributed by atoms with Crippen molar-refractivity contribution in [2.45, 2.75) is 30.9 Å². The fraction of sp³-hybridized carbons (Fsp3) is 0.478. The molecular weight excluding hydrogens is 370 g/mol. The molecule has 0 aromatic heterocycles. The van der Waals surface area contributed by atoms with E-state index in [4.69, 9.17) is 23.7 Å². The van der Waals surface area contributed by atoms with Crippen LogP contribution in [-0.2, 0) is 11.2 Å². The number of rotatable bonds is 3. The van der Waals surface area contributed by atoms with Crippen molar-refractivity contribution in [3.05, 3.63) is 46.5 Å². The summed E-state index contributed by atoms with van der Waals surface area (Å²) in [5, 5.41) is 0. The molecule has 0 radical (unpaired) electrons. The maximum atomic E-state index is 5.97. The molecule has 154 valence electrons. The van der Waals surface area contributed by atoms with Gasteiger partial charge in [-0.1, -0.05) is 6.07 Å². The first-order valence-corrected chi connectivity index (χ1v) is 10.1. The Labute approximate surface area is 171 Å². The summed E-state index contributed by atoms with van der Waals surface area (Å²) in [5.41, 5.74) is 5.05. The van der Waals surface area contributed by atoms with Crippen LogP contribution in [0.15, 0.2) is 24.3 Å². The molecule has 3 aliphatic rings. The van der Waals surface area contributed by atoms with Crippen LogP contribution in [-0.4, -0.2) is 46.6 Å². The zero-order valence-corrected chi connectivity index (χ0v) is 17.4. The third kappa shape index (κ3) is 2.77. The summed E-state index contributed by atoms with van der Waals surface area (Å²) in [6.45, 7) is 1.24. The number of methoxy groups -OCH3 is 3. The average molecular weight is 397 g/mol. The molecule has 0 amide bonds. The molecule has 3 atom stereocenters. The molecule has 0 spiro atoms. The monoisotopic (exact) mass is 397 g/mol. The summed E-state index contributed by atoms with van der Waals surface area (Å²) in [5.74, 6) is 3.51. The van der Waals surface area contributed by atoms with Crippen LogP contribution in [0, 0.1) is 0 Å². The number of hydrogen-bond acceptors (Lipinski definition) is 6. The number of likely N-dealkylation sites (N-methyl/N-ethyl adjacent to an activating group) is 1. The Morgan fingerprint density at radius 3 is 2.55 bits per heavy atom. The smallest absolute Gasteiger partial charge is 0.231 e. The van der Waals surface area contributed by atoms with Crippen molar-refractivity contribution in [3.8, 4) is 23.0 Å². The van der Waals surface area contributed by atoms with E-state index in [1.54, 1.807) is 21.3 Å². The van der Waals surface area contributed by atoms with E-state index in [1.165, 1.54) is 16.7 Å². The van der Waals surface area contributed by atoms with E-state index in [2.05, 4.69) is 30.1 Å². The van der Waals surface area contributed by atoms with Crippen molar-refractivity contribution in [2.24, 2.45) is 0 Å². The van der Waals surface area contributed by atoms with E-state index in [0.29, 0.717) is 0 Å². The highest BCUT2D eigenvalue weighted by Crippen LogP contribution is 2.56. The minimum absolute atomic E-state index is 0.0460. The first-order chi connectivity index (χ1) is 14.2. The molecule has 2 aromatic rings. The Bertz CT molecular complexity index is 943. The number of hydrogen-bond donors (Lipinski definition) is 0. The molecule has 6 nitrogen and oxygen atoms in total. The van der Waals surface area contributed by atoms with Crippen molar-refractivity contribution in [3.63, 3.8) is 0 Å². The maximum absolute atomic E-state index is 5.97. The van der Waals surface area contributed by atoms with E-state index in [9.17, 15) is 0 Å². The van der Waals surface area contributed by atoms with Gasteiger partial charge in [0.05, 0.1) is 20.3 Å². The molecule has 0 bridgehead atoms. The predicted molar refractivity (Wildman–Crippen MR) is 108 cm³/mol. The summed E-state index contributed by atoms with van der Waals surface area (Å²) in [6.07, 6.45) is 1.80. The van der Waals surface area contributed by atoms with E-state index in [-0.39, 0.29) is 24.9 Å². The lowest BCUT2D eigenvalue weighted by molar-refractivity contribution is 0.0579. The fourth-order valence-electron chi connectivity index (χ4n) is 5.28. The predicted octanol–water partition coefficient (Wildman–Crippen LogP) is 3.84. The molecular formula is C23H27NO5. The lowest BCUT2D eigenvalue weighted by atomic mass is 9.73. The number of ether oxygens (including phenoxy) is 5. The minimum Gasteiger partial charge on any atom is -0.493 e. The largest absolute Gasteiger partial charge is 0.493 e. The third-order valence-corrected chi connectivity index (χ3v) is 6.64. The molecule has 0 unspecified atom stereocenters. The quantitative estimate of drug-likeness (QED) is 0.785. The summed E-state index contributed by atoms with van der Waals surface area (Å²) in [4.78, 5) is 2.45. The van der Waals surface area contributed by atoms with Gasteiger partial charge in [0.25, 0.3) is 0 Å². The zero-order valence-electron chi connectivity index (χ0n) is 17.4. The first-order valence-electron chi connectivity index (χ1n) is 10.1. The van der Waals surface area contributed by atoms with Crippen LogP contribution in [0.4, 0.5) is 0 Å². The van der Waals surface area contributed by atoms with Gasteiger partial charge < -0.3 is 23.7 Å². The molecule has 2 heterocycles. The van der Waals surface area contributed by atoms with Gasteiger partial charge in [0.1, 0.15) is 0 Å². The molecule has 1 aliphatic carbocycles. The highest BCUT2D eigenvalue weighted by atomic mass is 16.7. The summed E-state index contributed by atoms with van der Waals surface area (Å²) in [7, 11) is 7.37. The van der Waals surface area contributed by atoms with Gasteiger partial charge in [-0.25, -0.2) is 0 Å². The zero-order chi connectivity index (χ0) is 20.1. The van der Waals surface area contributed by atoms with Crippen LogP contribution >= 0.6 is 0 Å². The summed E-state index contributed by atoms with van der Waals surface area (Å²) >= 11 is 0. The Morgan fingerprint density at radius 1 is 1.00 bits per heavy atom. The number of fused-ring (bicyclic) bond motifs is 7. The van der Waals surface area contributed by atoms with E-state index < -0.39 is 0 Å². The Hall–Kier alpha value is -2.44. The molecule has 0 saturated heterocycles. The van der Waals surface area contributed by atoms with Gasteiger partial charge in [0, 0.05) is 31.2 Å². The highest BCUT2D eigenvalue weighted by Gasteiger charge is 2.43. The number of nitrogens with zero attached hydrogens (tertiary/aromatic N) is 1.